The molecule has 0 spiro atoms. The molecule has 1 saturated carbocycles. The zero-order chi connectivity index (χ0) is 14.0. The van der Waals surface area contributed by atoms with Crippen LogP contribution >= 0.6 is 0 Å². The summed E-state index contributed by atoms with van der Waals surface area (Å²) in [5.74, 6) is 0. The Hall–Kier alpha value is -1.76. The molecule has 0 aromatic heterocycles. The minimum absolute atomic E-state index is 0.250. The molecule has 1 aliphatic carbocycles. The van der Waals surface area contributed by atoms with E-state index in [1.54, 1.807) is 24.3 Å². The molecule has 2 N–H and O–H groups in total. The van der Waals surface area contributed by atoms with Crippen LogP contribution in [0.4, 0.5) is 16.2 Å². The fourth-order valence-corrected chi connectivity index (χ4v) is 2.12. The van der Waals surface area contributed by atoms with Crippen LogP contribution in [0.5, 0.6) is 0 Å². The Morgan fingerprint density at radius 2 is 1.95 bits per heavy atom. The summed E-state index contributed by atoms with van der Waals surface area (Å²) in [5, 5.41) is 5.47. The van der Waals surface area contributed by atoms with Crippen molar-refractivity contribution in [2.24, 2.45) is 0 Å². The number of benzene rings is 1. The van der Waals surface area contributed by atoms with Gasteiger partial charge in [-0.1, -0.05) is 12.1 Å². The van der Waals surface area contributed by atoms with E-state index in [2.05, 4.69) is 10.6 Å². The number of hydrogen-bond acceptors (Lipinski definition) is 3. The van der Waals surface area contributed by atoms with Gasteiger partial charge in [0, 0.05) is 13.1 Å². The van der Waals surface area contributed by atoms with Crippen LogP contribution in [0.15, 0.2) is 24.3 Å². The maximum absolute atomic E-state index is 11.7. The number of rotatable bonds is 4. The molecule has 1 aromatic carbocycles. The standard InChI is InChI=1S/C12H17N3O3S/c1-15(19(2,17)18)11-6-4-3-5-10(11)14-12(16)13-9-7-8-9/h3-6,9H,7-8H2,1-2H3,(H2,13,14,16). The van der Waals surface area contributed by atoms with Crippen LogP contribution in [0.1, 0.15) is 12.8 Å². The number of para-hydroxylation sites is 2. The van der Waals surface area contributed by atoms with Crippen molar-refractivity contribution in [2.45, 2.75) is 18.9 Å². The van der Waals surface area contributed by atoms with Gasteiger partial charge in [0.2, 0.25) is 10.0 Å². The third kappa shape index (κ3) is 3.60. The Labute approximate surface area is 112 Å². The minimum Gasteiger partial charge on any atom is -0.335 e. The van der Waals surface area contributed by atoms with Crippen LogP contribution in [0.3, 0.4) is 0 Å². The highest BCUT2D eigenvalue weighted by molar-refractivity contribution is 7.92. The summed E-state index contributed by atoms with van der Waals surface area (Å²) in [7, 11) is -1.91. The molecule has 0 bridgehead atoms. The number of nitrogens with zero attached hydrogens (tertiary/aromatic N) is 1. The first kappa shape index (κ1) is 13.7. The summed E-state index contributed by atoms with van der Waals surface area (Å²) in [4.78, 5) is 11.7. The second-order valence-corrected chi connectivity index (χ2v) is 6.63. The van der Waals surface area contributed by atoms with Gasteiger partial charge >= 0.3 is 6.03 Å². The topological polar surface area (TPSA) is 78.5 Å². The van der Waals surface area contributed by atoms with Crippen molar-refractivity contribution in [1.82, 2.24) is 5.32 Å². The number of amides is 2. The van der Waals surface area contributed by atoms with E-state index in [0.29, 0.717) is 11.4 Å². The summed E-state index contributed by atoms with van der Waals surface area (Å²) >= 11 is 0. The molecule has 0 radical (unpaired) electrons. The lowest BCUT2D eigenvalue weighted by atomic mass is 10.2. The van der Waals surface area contributed by atoms with Crippen molar-refractivity contribution in [2.75, 3.05) is 22.9 Å². The molecule has 1 fully saturated rings. The maximum atomic E-state index is 11.7. The van der Waals surface area contributed by atoms with Crippen molar-refractivity contribution in [3.05, 3.63) is 24.3 Å². The van der Waals surface area contributed by atoms with E-state index in [0.717, 1.165) is 23.4 Å². The highest BCUT2D eigenvalue weighted by atomic mass is 32.2. The van der Waals surface area contributed by atoms with Gasteiger partial charge in [0.05, 0.1) is 17.6 Å². The molecule has 0 heterocycles. The summed E-state index contributed by atoms with van der Waals surface area (Å²) in [6.07, 6.45) is 3.12. The first-order chi connectivity index (χ1) is 8.88. The van der Waals surface area contributed by atoms with Gasteiger partial charge in [-0.25, -0.2) is 13.2 Å². The highest BCUT2D eigenvalue weighted by Crippen LogP contribution is 2.26. The van der Waals surface area contributed by atoms with Crippen LogP contribution in [0, 0.1) is 0 Å². The second-order valence-electron chi connectivity index (χ2n) is 4.62. The Balaban J connectivity index is 2.17. The molecule has 0 atom stereocenters. The normalized spacial score (nSPS) is 14.8. The monoisotopic (exact) mass is 283 g/mol. The Kier molecular flexibility index (Phi) is 3.66. The fraction of sp³-hybridized carbons (Fsp3) is 0.417. The molecule has 1 aromatic rings. The molecule has 7 heteroatoms. The quantitative estimate of drug-likeness (QED) is 0.876. The Morgan fingerprint density at radius 3 is 2.53 bits per heavy atom. The summed E-state index contributed by atoms with van der Waals surface area (Å²) in [6, 6.07) is 6.72. The molecule has 0 unspecified atom stereocenters. The van der Waals surface area contributed by atoms with Gasteiger partial charge in [-0.15, -0.1) is 0 Å². The SMILES string of the molecule is CN(c1ccccc1NC(=O)NC1CC1)S(C)(=O)=O. The number of hydrogen-bond donors (Lipinski definition) is 2. The maximum Gasteiger partial charge on any atom is 0.319 e. The predicted octanol–water partition coefficient (Wildman–Crippen LogP) is 1.37. The van der Waals surface area contributed by atoms with Crippen LogP contribution < -0.4 is 14.9 Å². The summed E-state index contributed by atoms with van der Waals surface area (Å²) in [6.45, 7) is 0. The largest absolute Gasteiger partial charge is 0.335 e. The fourth-order valence-electron chi connectivity index (χ4n) is 1.60. The second kappa shape index (κ2) is 5.08. The Bertz CT molecular complexity index is 582. The lowest BCUT2D eigenvalue weighted by Gasteiger charge is -2.20. The average Bonchev–Trinajstić information content (AvgIpc) is 3.11. The van der Waals surface area contributed by atoms with Crippen molar-refractivity contribution in [1.29, 1.82) is 0 Å². The molecule has 0 saturated heterocycles. The van der Waals surface area contributed by atoms with Crippen LogP contribution in [-0.4, -0.2) is 33.8 Å². The van der Waals surface area contributed by atoms with Gasteiger partial charge in [-0.2, -0.15) is 0 Å². The van der Waals surface area contributed by atoms with Crippen LogP contribution in [0.2, 0.25) is 0 Å². The van der Waals surface area contributed by atoms with Crippen molar-refractivity contribution >= 4 is 27.4 Å². The molecule has 1 aliphatic rings. The van der Waals surface area contributed by atoms with E-state index in [-0.39, 0.29) is 12.1 Å². The number of carbonyl (C=O) groups excluding carboxylic acids is 1. The summed E-state index contributed by atoms with van der Waals surface area (Å²) in [5.41, 5.74) is 0.907. The smallest absolute Gasteiger partial charge is 0.319 e. The molecule has 19 heavy (non-hydrogen) atoms. The van der Waals surface area contributed by atoms with E-state index in [4.69, 9.17) is 0 Å². The number of sulfonamides is 1. The average molecular weight is 283 g/mol. The van der Waals surface area contributed by atoms with E-state index in [9.17, 15) is 13.2 Å². The molecule has 2 rings (SSSR count). The van der Waals surface area contributed by atoms with Gasteiger partial charge < -0.3 is 10.6 Å². The van der Waals surface area contributed by atoms with Crippen molar-refractivity contribution < 1.29 is 13.2 Å². The molecule has 104 valence electrons. The van der Waals surface area contributed by atoms with Gasteiger partial charge in [0.25, 0.3) is 0 Å². The summed E-state index contributed by atoms with van der Waals surface area (Å²) < 4.78 is 24.2. The number of carbonyl (C=O) groups is 1. The molecule has 6 nitrogen and oxygen atoms in total. The van der Waals surface area contributed by atoms with E-state index in [1.165, 1.54) is 7.05 Å². The van der Waals surface area contributed by atoms with Gasteiger partial charge in [-0.05, 0) is 25.0 Å². The van der Waals surface area contributed by atoms with Crippen LogP contribution in [0.25, 0.3) is 0 Å². The minimum atomic E-state index is -3.36. The third-order valence-electron chi connectivity index (χ3n) is 2.90. The number of nitrogens with one attached hydrogen (secondary N) is 2. The van der Waals surface area contributed by atoms with E-state index < -0.39 is 10.0 Å². The van der Waals surface area contributed by atoms with Crippen molar-refractivity contribution in [3.8, 4) is 0 Å². The zero-order valence-electron chi connectivity index (χ0n) is 10.9. The van der Waals surface area contributed by atoms with Crippen LogP contribution in [-0.2, 0) is 10.0 Å². The molecular weight excluding hydrogens is 266 g/mol. The van der Waals surface area contributed by atoms with Crippen molar-refractivity contribution in [3.63, 3.8) is 0 Å². The lowest BCUT2D eigenvalue weighted by Crippen LogP contribution is -2.32. The number of anilines is 2. The predicted molar refractivity (Wildman–Crippen MR) is 74.9 cm³/mol. The molecule has 0 aliphatic heterocycles. The lowest BCUT2D eigenvalue weighted by molar-refractivity contribution is 0.251. The van der Waals surface area contributed by atoms with E-state index >= 15 is 0 Å². The van der Waals surface area contributed by atoms with Gasteiger partial charge in [0.1, 0.15) is 0 Å². The molecular formula is C12H17N3O3S. The first-order valence-electron chi connectivity index (χ1n) is 5.98. The third-order valence-corrected chi connectivity index (χ3v) is 4.09. The van der Waals surface area contributed by atoms with Gasteiger partial charge in [0.15, 0.2) is 0 Å². The molecule has 2 amide bonds. The number of urea groups is 1. The highest BCUT2D eigenvalue weighted by Gasteiger charge is 2.24. The van der Waals surface area contributed by atoms with Gasteiger partial charge in [-0.3, -0.25) is 4.31 Å². The first-order valence-corrected chi connectivity index (χ1v) is 7.83. The Morgan fingerprint density at radius 1 is 1.32 bits per heavy atom. The zero-order valence-corrected chi connectivity index (χ0v) is 11.7. The van der Waals surface area contributed by atoms with E-state index in [1.807, 2.05) is 0 Å².